The monoisotopic (exact) mass is 330 g/mol. The average Bonchev–Trinajstić information content (AvgIpc) is 2.51. The van der Waals surface area contributed by atoms with Crippen molar-refractivity contribution in [2.45, 2.75) is 43.7 Å². The number of benzene rings is 1. The second-order valence-corrected chi connectivity index (χ2v) is 8.05. The Bertz CT molecular complexity index is 681. The van der Waals surface area contributed by atoms with Crippen LogP contribution in [0.3, 0.4) is 0 Å². The van der Waals surface area contributed by atoms with E-state index in [9.17, 15) is 9.90 Å². The van der Waals surface area contributed by atoms with Crippen LogP contribution in [0, 0.1) is 0 Å². The number of aliphatic hydroxyl groups is 1. The smallest absolute Gasteiger partial charge is 0.251 e. The summed E-state index contributed by atoms with van der Waals surface area (Å²) in [6, 6.07) is 11.0. The maximum Gasteiger partial charge on any atom is 0.251 e. The highest BCUT2D eigenvalue weighted by Gasteiger charge is 2.15. The summed E-state index contributed by atoms with van der Waals surface area (Å²) < 4.78 is 0.0438. The first-order valence-electron chi connectivity index (χ1n) is 7.50. The van der Waals surface area contributed by atoms with E-state index in [1.54, 1.807) is 24.0 Å². The third kappa shape index (κ3) is 5.37. The van der Waals surface area contributed by atoms with Crippen LogP contribution in [0.4, 0.5) is 0 Å². The molecule has 0 atom stereocenters. The van der Waals surface area contributed by atoms with Crippen LogP contribution in [0.2, 0.25) is 0 Å². The quantitative estimate of drug-likeness (QED) is 0.825. The molecule has 1 amide bonds. The van der Waals surface area contributed by atoms with Gasteiger partial charge in [0.25, 0.3) is 5.91 Å². The zero-order valence-electron chi connectivity index (χ0n) is 13.7. The summed E-state index contributed by atoms with van der Waals surface area (Å²) in [5.41, 5.74) is 2.33. The van der Waals surface area contributed by atoms with Crippen molar-refractivity contribution in [3.8, 4) is 0 Å². The first kappa shape index (κ1) is 17.5. The van der Waals surface area contributed by atoms with Crippen molar-refractivity contribution in [2.24, 2.45) is 0 Å². The zero-order chi connectivity index (χ0) is 16.9. The first-order chi connectivity index (χ1) is 10.9. The maximum atomic E-state index is 12.3. The van der Waals surface area contributed by atoms with E-state index in [1.165, 1.54) is 0 Å². The molecule has 0 spiro atoms. The van der Waals surface area contributed by atoms with Gasteiger partial charge in [0.05, 0.1) is 11.6 Å². The number of nitrogens with zero attached hydrogens (tertiary/aromatic N) is 1. The van der Waals surface area contributed by atoms with E-state index in [-0.39, 0.29) is 17.3 Å². The molecule has 0 fully saturated rings. The lowest BCUT2D eigenvalue weighted by atomic mass is 10.1. The van der Waals surface area contributed by atoms with Crippen LogP contribution in [-0.4, -0.2) is 20.7 Å². The van der Waals surface area contributed by atoms with Gasteiger partial charge >= 0.3 is 0 Å². The second kappa shape index (κ2) is 7.62. The minimum atomic E-state index is -0.143. The van der Waals surface area contributed by atoms with Crippen LogP contribution in [0.25, 0.3) is 0 Å². The summed E-state index contributed by atoms with van der Waals surface area (Å²) in [5.74, 6) is -0.143. The van der Waals surface area contributed by atoms with E-state index in [1.807, 2.05) is 30.3 Å². The van der Waals surface area contributed by atoms with Crippen molar-refractivity contribution in [1.29, 1.82) is 0 Å². The van der Waals surface area contributed by atoms with Gasteiger partial charge in [0.15, 0.2) is 0 Å². The predicted molar refractivity (Wildman–Crippen MR) is 93.4 cm³/mol. The summed E-state index contributed by atoms with van der Waals surface area (Å²) in [4.78, 5) is 16.6. The fourth-order valence-corrected chi connectivity index (χ4v) is 3.01. The number of nitrogens with one attached hydrogen (secondary N) is 1. The van der Waals surface area contributed by atoms with E-state index in [0.717, 1.165) is 16.2 Å². The molecule has 1 heterocycles. The normalized spacial score (nSPS) is 11.3. The lowest BCUT2D eigenvalue weighted by Gasteiger charge is -2.17. The molecule has 0 aliphatic carbocycles. The highest BCUT2D eigenvalue weighted by Crippen LogP contribution is 2.30. The fourth-order valence-electron chi connectivity index (χ4n) is 2.08. The van der Waals surface area contributed by atoms with E-state index >= 15 is 0 Å². The lowest BCUT2D eigenvalue weighted by molar-refractivity contribution is 0.0950. The highest BCUT2D eigenvalue weighted by atomic mass is 32.2. The summed E-state index contributed by atoms with van der Waals surface area (Å²) in [6.07, 6.45) is 1.66. The SMILES string of the molecule is CC(C)(C)Sc1cc(C(=O)NCc2ccccc2CO)ccn1. The maximum absolute atomic E-state index is 12.3. The number of hydrogen-bond donors (Lipinski definition) is 2. The molecule has 4 nitrogen and oxygen atoms in total. The van der Waals surface area contributed by atoms with E-state index < -0.39 is 0 Å². The Morgan fingerprint density at radius 2 is 1.91 bits per heavy atom. The molecule has 0 bridgehead atoms. The van der Waals surface area contributed by atoms with Gasteiger partial charge in [0.2, 0.25) is 0 Å². The van der Waals surface area contributed by atoms with Crippen molar-refractivity contribution >= 4 is 17.7 Å². The molecule has 122 valence electrons. The molecule has 2 aromatic rings. The Balaban J connectivity index is 2.05. The Morgan fingerprint density at radius 3 is 2.57 bits per heavy atom. The Labute approximate surface area is 141 Å². The van der Waals surface area contributed by atoms with Crippen LogP contribution in [0.1, 0.15) is 42.3 Å². The predicted octanol–water partition coefficient (Wildman–Crippen LogP) is 3.39. The van der Waals surface area contributed by atoms with Crippen molar-refractivity contribution in [3.05, 3.63) is 59.3 Å². The minimum Gasteiger partial charge on any atom is -0.392 e. The van der Waals surface area contributed by atoms with Gasteiger partial charge in [-0.05, 0) is 23.3 Å². The van der Waals surface area contributed by atoms with Gasteiger partial charge in [-0.2, -0.15) is 0 Å². The molecule has 1 aromatic carbocycles. The standard InChI is InChI=1S/C18H22N2O2S/c1-18(2,3)23-16-10-13(8-9-19-16)17(22)20-11-14-6-4-5-7-15(14)12-21/h4-10,21H,11-12H2,1-3H3,(H,20,22). The Hall–Kier alpha value is -1.85. The molecule has 23 heavy (non-hydrogen) atoms. The number of aliphatic hydroxyl groups excluding tert-OH is 1. The van der Waals surface area contributed by atoms with Gasteiger partial charge in [-0.1, -0.05) is 45.0 Å². The molecule has 5 heteroatoms. The number of hydrogen-bond acceptors (Lipinski definition) is 4. The Morgan fingerprint density at radius 1 is 1.22 bits per heavy atom. The molecule has 0 aliphatic heterocycles. The number of carbonyl (C=O) groups is 1. The molecule has 0 aliphatic rings. The first-order valence-corrected chi connectivity index (χ1v) is 8.31. The van der Waals surface area contributed by atoms with Crippen molar-refractivity contribution in [3.63, 3.8) is 0 Å². The fraction of sp³-hybridized carbons (Fsp3) is 0.333. The van der Waals surface area contributed by atoms with Crippen LogP contribution >= 0.6 is 11.8 Å². The third-order valence-corrected chi connectivity index (χ3v) is 4.18. The Kier molecular flexibility index (Phi) is 5.80. The van der Waals surface area contributed by atoms with Crippen molar-refractivity contribution < 1.29 is 9.90 Å². The van der Waals surface area contributed by atoms with Crippen molar-refractivity contribution in [2.75, 3.05) is 0 Å². The number of amides is 1. The largest absolute Gasteiger partial charge is 0.392 e. The van der Waals surface area contributed by atoms with Gasteiger partial charge < -0.3 is 10.4 Å². The molecular formula is C18H22N2O2S. The molecule has 0 saturated carbocycles. The highest BCUT2D eigenvalue weighted by molar-refractivity contribution is 8.00. The van der Waals surface area contributed by atoms with Crippen LogP contribution in [0.5, 0.6) is 0 Å². The van der Waals surface area contributed by atoms with Gasteiger partial charge in [-0.15, -0.1) is 11.8 Å². The molecular weight excluding hydrogens is 308 g/mol. The number of pyridine rings is 1. The average molecular weight is 330 g/mol. The van der Waals surface area contributed by atoms with Crippen molar-refractivity contribution in [1.82, 2.24) is 10.3 Å². The number of thioether (sulfide) groups is 1. The zero-order valence-corrected chi connectivity index (χ0v) is 14.5. The number of aromatic nitrogens is 1. The molecule has 0 radical (unpaired) electrons. The lowest BCUT2D eigenvalue weighted by Crippen LogP contribution is -2.23. The summed E-state index contributed by atoms with van der Waals surface area (Å²) in [5, 5.41) is 13.0. The molecule has 1 aromatic heterocycles. The van der Waals surface area contributed by atoms with Crippen LogP contribution in [-0.2, 0) is 13.2 Å². The van der Waals surface area contributed by atoms with E-state index in [0.29, 0.717) is 12.1 Å². The van der Waals surface area contributed by atoms with Gasteiger partial charge in [0, 0.05) is 23.1 Å². The summed E-state index contributed by atoms with van der Waals surface area (Å²) >= 11 is 1.63. The van der Waals surface area contributed by atoms with Crippen LogP contribution in [0.15, 0.2) is 47.6 Å². The minimum absolute atomic E-state index is 0.0341. The second-order valence-electron chi connectivity index (χ2n) is 6.21. The van der Waals surface area contributed by atoms with Crippen LogP contribution < -0.4 is 5.32 Å². The summed E-state index contributed by atoms with van der Waals surface area (Å²) in [7, 11) is 0. The number of rotatable bonds is 5. The van der Waals surface area contributed by atoms with Gasteiger partial charge in [0.1, 0.15) is 0 Å². The topological polar surface area (TPSA) is 62.2 Å². The van der Waals surface area contributed by atoms with Gasteiger partial charge in [-0.25, -0.2) is 4.98 Å². The number of carbonyl (C=O) groups excluding carboxylic acids is 1. The molecule has 0 saturated heterocycles. The van der Waals surface area contributed by atoms with E-state index in [4.69, 9.17) is 0 Å². The summed E-state index contributed by atoms with van der Waals surface area (Å²) in [6.45, 7) is 6.68. The molecule has 2 N–H and O–H groups in total. The third-order valence-electron chi connectivity index (χ3n) is 3.14. The molecule has 2 rings (SSSR count). The molecule has 0 unspecified atom stereocenters. The van der Waals surface area contributed by atoms with E-state index in [2.05, 4.69) is 31.1 Å². The van der Waals surface area contributed by atoms with Gasteiger partial charge in [-0.3, -0.25) is 4.79 Å².